The largest absolute Gasteiger partial charge is 0.351 e. The normalized spacial score (nSPS) is 11.0. The number of carbonyl (C=O) groups excluding carboxylic acids is 1. The first-order chi connectivity index (χ1) is 10.4. The molecule has 2 aromatic rings. The Bertz CT molecular complexity index is 771. The Kier molecular flexibility index (Phi) is 4.67. The lowest BCUT2D eigenvalue weighted by Crippen LogP contribution is -2.19. The molecule has 0 atom stereocenters. The fourth-order valence-electron chi connectivity index (χ4n) is 1.92. The van der Waals surface area contributed by atoms with Gasteiger partial charge in [-0.05, 0) is 42.3 Å². The highest BCUT2D eigenvalue weighted by atomic mass is 32.2. The molecular weight excluding hydrogens is 302 g/mol. The molecule has 7 heteroatoms. The highest BCUT2D eigenvalue weighted by molar-refractivity contribution is 7.92. The van der Waals surface area contributed by atoms with Crippen molar-refractivity contribution in [3.63, 3.8) is 0 Å². The molecule has 2 aromatic carbocycles. The van der Waals surface area contributed by atoms with E-state index in [4.69, 9.17) is 5.73 Å². The van der Waals surface area contributed by atoms with Crippen LogP contribution in [0.15, 0.2) is 53.4 Å². The molecule has 4 N–H and O–H groups in total. The summed E-state index contributed by atoms with van der Waals surface area (Å²) in [6, 6.07) is 12.3. The van der Waals surface area contributed by atoms with Crippen molar-refractivity contribution in [1.29, 1.82) is 0 Å². The van der Waals surface area contributed by atoms with Gasteiger partial charge < -0.3 is 11.1 Å². The number of hydrogen-bond donors (Lipinski definition) is 3. The van der Waals surface area contributed by atoms with Crippen molar-refractivity contribution in [2.75, 3.05) is 10.0 Å². The molecule has 0 saturated carbocycles. The number of rotatable bonds is 5. The van der Waals surface area contributed by atoms with E-state index in [1.807, 2.05) is 6.92 Å². The van der Waals surface area contributed by atoms with Crippen LogP contribution in [0.2, 0.25) is 0 Å². The van der Waals surface area contributed by atoms with E-state index < -0.39 is 16.1 Å². The van der Waals surface area contributed by atoms with E-state index in [1.165, 1.54) is 6.07 Å². The summed E-state index contributed by atoms with van der Waals surface area (Å²) >= 11 is 0. The second-order valence-corrected chi connectivity index (χ2v) is 6.36. The van der Waals surface area contributed by atoms with E-state index in [9.17, 15) is 13.2 Å². The number of carbonyl (C=O) groups is 1. The standard InChI is InChI=1S/C15H17N3O3S/c1-2-11-6-8-14(9-7-11)22(20,21)18-13-5-3-4-12(10-13)17-15(16)19/h3-10,18H,2H2,1H3,(H3,16,17,19). The van der Waals surface area contributed by atoms with Crippen molar-refractivity contribution >= 4 is 27.4 Å². The van der Waals surface area contributed by atoms with Crippen molar-refractivity contribution in [3.05, 3.63) is 54.1 Å². The summed E-state index contributed by atoms with van der Waals surface area (Å²) < 4.78 is 27.1. The third-order valence-corrected chi connectivity index (χ3v) is 4.42. The quantitative estimate of drug-likeness (QED) is 0.789. The minimum absolute atomic E-state index is 0.179. The van der Waals surface area contributed by atoms with Crippen molar-refractivity contribution in [2.45, 2.75) is 18.2 Å². The molecule has 0 aliphatic rings. The lowest BCUT2D eigenvalue weighted by molar-refractivity contribution is 0.259. The lowest BCUT2D eigenvalue weighted by atomic mass is 10.2. The van der Waals surface area contributed by atoms with Crippen LogP contribution in [0.3, 0.4) is 0 Å². The van der Waals surface area contributed by atoms with Crippen LogP contribution in [0.25, 0.3) is 0 Å². The lowest BCUT2D eigenvalue weighted by Gasteiger charge is -2.10. The summed E-state index contributed by atoms with van der Waals surface area (Å²) in [5.74, 6) is 0. The fraction of sp³-hybridized carbons (Fsp3) is 0.133. The summed E-state index contributed by atoms with van der Waals surface area (Å²) in [6.45, 7) is 2.00. The first-order valence-electron chi connectivity index (χ1n) is 6.69. The number of nitrogens with one attached hydrogen (secondary N) is 2. The second kappa shape index (κ2) is 6.48. The molecule has 0 unspecified atom stereocenters. The Morgan fingerprint density at radius 1 is 1.09 bits per heavy atom. The zero-order valence-corrected chi connectivity index (χ0v) is 12.9. The van der Waals surface area contributed by atoms with Gasteiger partial charge in [-0.3, -0.25) is 4.72 Å². The number of anilines is 2. The van der Waals surface area contributed by atoms with Crippen LogP contribution >= 0.6 is 0 Å². The summed E-state index contributed by atoms with van der Waals surface area (Å²) in [5.41, 5.74) is 6.84. The minimum atomic E-state index is -3.68. The molecule has 0 fully saturated rings. The predicted molar refractivity (Wildman–Crippen MR) is 86.3 cm³/mol. The summed E-state index contributed by atoms with van der Waals surface area (Å²) in [7, 11) is -3.68. The SMILES string of the molecule is CCc1ccc(S(=O)(=O)Nc2cccc(NC(N)=O)c2)cc1. The molecule has 0 spiro atoms. The first kappa shape index (κ1) is 15.8. The molecule has 6 nitrogen and oxygen atoms in total. The first-order valence-corrected chi connectivity index (χ1v) is 8.17. The number of sulfonamides is 1. The maximum atomic E-state index is 12.3. The average molecular weight is 319 g/mol. The molecule has 2 amide bonds. The highest BCUT2D eigenvalue weighted by Crippen LogP contribution is 2.20. The highest BCUT2D eigenvalue weighted by Gasteiger charge is 2.14. The van der Waals surface area contributed by atoms with Crippen molar-refractivity contribution in [2.24, 2.45) is 5.73 Å². The number of benzene rings is 2. The van der Waals surface area contributed by atoms with E-state index in [0.717, 1.165) is 12.0 Å². The van der Waals surface area contributed by atoms with Gasteiger partial charge >= 0.3 is 6.03 Å². The zero-order valence-electron chi connectivity index (χ0n) is 12.0. The van der Waals surface area contributed by atoms with Gasteiger partial charge in [0.25, 0.3) is 10.0 Å². The number of nitrogens with two attached hydrogens (primary N) is 1. The average Bonchev–Trinajstić information content (AvgIpc) is 2.46. The molecule has 0 saturated heterocycles. The van der Waals surface area contributed by atoms with Gasteiger partial charge in [-0.15, -0.1) is 0 Å². The summed E-state index contributed by atoms with van der Waals surface area (Å²) in [5, 5.41) is 2.39. The monoisotopic (exact) mass is 319 g/mol. The van der Waals surface area contributed by atoms with Crippen molar-refractivity contribution < 1.29 is 13.2 Å². The van der Waals surface area contributed by atoms with Crippen LogP contribution in [0.1, 0.15) is 12.5 Å². The molecule has 0 radical (unpaired) electrons. The fourth-order valence-corrected chi connectivity index (χ4v) is 2.97. The van der Waals surface area contributed by atoms with Crippen molar-refractivity contribution in [1.82, 2.24) is 0 Å². The smallest absolute Gasteiger partial charge is 0.316 e. The van der Waals surface area contributed by atoms with Crippen molar-refractivity contribution in [3.8, 4) is 0 Å². The molecule has 0 aromatic heterocycles. The number of hydrogen-bond acceptors (Lipinski definition) is 3. The molecule has 0 heterocycles. The van der Waals surface area contributed by atoms with E-state index in [-0.39, 0.29) is 4.90 Å². The minimum Gasteiger partial charge on any atom is -0.351 e. The van der Waals surface area contributed by atoms with Crippen LogP contribution in [0, 0.1) is 0 Å². The summed E-state index contributed by atoms with van der Waals surface area (Å²) in [4.78, 5) is 11.0. The van der Waals surface area contributed by atoms with Gasteiger partial charge in [0, 0.05) is 5.69 Å². The topological polar surface area (TPSA) is 101 Å². The van der Waals surface area contributed by atoms with Crippen LogP contribution < -0.4 is 15.8 Å². The Labute approximate surface area is 129 Å². The molecular formula is C15H17N3O3S. The Hall–Kier alpha value is -2.54. The molecule has 0 aliphatic heterocycles. The van der Waals surface area contributed by atoms with Gasteiger partial charge in [0.15, 0.2) is 0 Å². The number of urea groups is 1. The number of amides is 2. The maximum absolute atomic E-state index is 12.3. The number of primary amides is 1. The molecule has 116 valence electrons. The number of aryl methyl sites for hydroxylation is 1. The van der Waals surface area contributed by atoms with Gasteiger partial charge in [-0.2, -0.15) is 0 Å². The van der Waals surface area contributed by atoms with Gasteiger partial charge in [-0.1, -0.05) is 25.1 Å². The van der Waals surface area contributed by atoms with Crippen LogP contribution in [0.4, 0.5) is 16.2 Å². The molecule has 0 aliphatic carbocycles. The Morgan fingerprint density at radius 3 is 2.32 bits per heavy atom. The van der Waals surface area contributed by atoms with E-state index in [0.29, 0.717) is 11.4 Å². The van der Waals surface area contributed by atoms with Crippen LogP contribution in [0.5, 0.6) is 0 Å². The maximum Gasteiger partial charge on any atom is 0.316 e. The molecule has 0 bridgehead atoms. The Morgan fingerprint density at radius 2 is 1.73 bits per heavy atom. The Balaban J connectivity index is 2.22. The van der Waals surface area contributed by atoms with Crippen LogP contribution in [-0.2, 0) is 16.4 Å². The van der Waals surface area contributed by atoms with E-state index in [2.05, 4.69) is 10.0 Å². The van der Waals surface area contributed by atoms with Gasteiger partial charge in [0.05, 0.1) is 10.6 Å². The van der Waals surface area contributed by atoms with E-state index >= 15 is 0 Å². The van der Waals surface area contributed by atoms with Gasteiger partial charge in [-0.25, -0.2) is 13.2 Å². The predicted octanol–water partition coefficient (Wildman–Crippen LogP) is 2.54. The molecule has 22 heavy (non-hydrogen) atoms. The third-order valence-electron chi connectivity index (χ3n) is 3.02. The van der Waals surface area contributed by atoms with Gasteiger partial charge in [0.2, 0.25) is 0 Å². The zero-order chi connectivity index (χ0) is 16.2. The second-order valence-electron chi connectivity index (χ2n) is 4.67. The molecule has 2 rings (SSSR count). The van der Waals surface area contributed by atoms with E-state index in [1.54, 1.807) is 42.5 Å². The van der Waals surface area contributed by atoms with Crippen LogP contribution in [-0.4, -0.2) is 14.4 Å². The van der Waals surface area contributed by atoms with Gasteiger partial charge in [0.1, 0.15) is 0 Å². The third kappa shape index (κ3) is 3.98. The summed E-state index contributed by atoms with van der Waals surface area (Å²) in [6.07, 6.45) is 0.842.